The Morgan fingerprint density at radius 1 is 0.952 bits per heavy atom. The average Bonchev–Trinajstić information content (AvgIpc) is 2.35. The van der Waals surface area contributed by atoms with Crippen LogP contribution in [0, 0.1) is 0 Å². The van der Waals surface area contributed by atoms with Gasteiger partial charge in [0.05, 0.1) is 0 Å². The third-order valence-electron chi connectivity index (χ3n) is 3.61. The van der Waals surface area contributed by atoms with Gasteiger partial charge in [0.15, 0.2) is 5.60 Å². The Morgan fingerprint density at radius 3 is 1.95 bits per heavy atom. The van der Waals surface area contributed by atoms with Crippen LogP contribution >= 0.6 is 0 Å². The molecular weight excluding hydrogens is 278 g/mol. The van der Waals surface area contributed by atoms with E-state index in [2.05, 4.69) is 5.48 Å². The molecule has 0 spiro atoms. The highest BCUT2D eigenvalue weighted by atomic mass is 16.7. The standard InChI is InChI=1S/C14H23NO6/c1-10(16)19-13(4,15-21-12(3)18)14(20-11(2)17)8-6-5-7-9-14/h15H,5-9H2,1-4H3. The molecule has 120 valence electrons. The summed E-state index contributed by atoms with van der Waals surface area (Å²) in [4.78, 5) is 38.8. The topological polar surface area (TPSA) is 90.9 Å². The molecule has 1 rings (SSSR count). The predicted molar refractivity (Wildman–Crippen MR) is 72.7 cm³/mol. The third-order valence-corrected chi connectivity index (χ3v) is 3.61. The summed E-state index contributed by atoms with van der Waals surface area (Å²) in [5.41, 5.74) is -0.0183. The van der Waals surface area contributed by atoms with E-state index in [1.54, 1.807) is 6.92 Å². The Morgan fingerprint density at radius 2 is 1.52 bits per heavy atom. The zero-order valence-electron chi connectivity index (χ0n) is 13.0. The van der Waals surface area contributed by atoms with Crippen molar-refractivity contribution in [2.75, 3.05) is 0 Å². The average molecular weight is 301 g/mol. The van der Waals surface area contributed by atoms with Gasteiger partial charge in [-0.05, 0) is 32.6 Å². The minimum atomic E-state index is -1.43. The second-order valence-corrected chi connectivity index (χ2v) is 5.47. The first-order valence-electron chi connectivity index (χ1n) is 7.04. The number of rotatable bonds is 5. The van der Waals surface area contributed by atoms with Crippen LogP contribution in [0.1, 0.15) is 59.8 Å². The van der Waals surface area contributed by atoms with Gasteiger partial charge in [-0.3, -0.25) is 14.4 Å². The van der Waals surface area contributed by atoms with Crippen molar-refractivity contribution in [3.63, 3.8) is 0 Å². The molecule has 7 nitrogen and oxygen atoms in total. The molecule has 0 aromatic carbocycles. The van der Waals surface area contributed by atoms with E-state index in [0.717, 1.165) is 19.3 Å². The Kier molecular flexibility index (Phi) is 5.71. The second kappa shape index (κ2) is 6.89. The maximum Gasteiger partial charge on any atom is 0.321 e. The van der Waals surface area contributed by atoms with Crippen molar-refractivity contribution in [3.05, 3.63) is 0 Å². The predicted octanol–water partition coefficient (Wildman–Crippen LogP) is 1.60. The number of esters is 2. The monoisotopic (exact) mass is 301 g/mol. The molecule has 1 unspecified atom stereocenters. The molecule has 0 amide bonds. The fourth-order valence-electron chi connectivity index (χ4n) is 2.74. The molecule has 1 fully saturated rings. The maximum absolute atomic E-state index is 11.5. The van der Waals surface area contributed by atoms with Gasteiger partial charge in [-0.2, -0.15) is 0 Å². The second-order valence-electron chi connectivity index (χ2n) is 5.47. The molecule has 1 atom stereocenters. The molecule has 0 radical (unpaired) electrons. The summed E-state index contributed by atoms with van der Waals surface area (Å²) in [6.07, 6.45) is 3.69. The smallest absolute Gasteiger partial charge is 0.321 e. The molecule has 0 heterocycles. The first kappa shape index (κ1) is 17.4. The van der Waals surface area contributed by atoms with Crippen molar-refractivity contribution in [2.45, 2.75) is 71.1 Å². The molecule has 0 saturated heterocycles. The van der Waals surface area contributed by atoms with Gasteiger partial charge in [0, 0.05) is 20.8 Å². The van der Waals surface area contributed by atoms with E-state index in [1.807, 2.05) is 0 Å². The molecule has 0 aliphatic heterocycles. The van der Waals surface area contributed by atoms with Gasteiger partial charge >= 0.3 is 17.9 Å². The molecule has 0 aromatic heterocycles. The van der Waals surface area contributed by atoms with Gasteiger partial charge in [0.25, 0.3) is 0 Å². The fraction of sp³-hybridized carbons (Fsp3) is 0.786. The van der Waals surface area contributed by atoms with E-state index in [0.29, 0.717) is 12.8 Å². The van der Waals surface area contributed by atoms with Crippen LogP contribution in [0.5, 0.6) is 0 Å². The van der Waals surface area contributed by atoms with Crippen LogP contribution in [0.15, 0.2) is 0 Å². The van der Waals surface area contributed by atoms with Crippen LogP contribution in [0.25, 0.3) is 0 Å². The molecule has 1 aliphatic rings. The fourth-order valence-corrected chi connectivity index (χ4v) is 2.74. The minimum absolute atomic E-state index is 0.472. The lowest BCUT2D eigenvalue weighted by Crippen LogP contribution is -2.65. The molecular formula is C14H23NO6. The molecule has 0 aromatic rings. The molecule has 0 bridgehead atoms. The van der Waals surface area contributed by atoms with Crippen LogP contribution in [0.4, 0.5) is 0 Å². The summed E-state index contributed by atoms with van der Waals surface area (Å²) in [6, 6.07) is 0. The lowest BCUT2D eigenvalue weighted by molar-refractivity contribution is -0.252. The molecule has 7 heteroatoms. The quantitative estimate of drug-likeness (QED) is 0.357. The van der Waals surface area contributed by atoms with E-state index < -0.39 is 29.2 Å². The first-order valence-corrected chi connectivity index (χ1v) is 7.04. The van der Waals surface area contributed by atoms with Crippen LogP contribution < -0.4 is 5.48 Å². The van der Waals surface area contributed by atoms with Gasteiger partial charge in [-0.15, -0.1) is 5.48 Å². The number of nitrogens with one attached hydrogen (secondary N) is 1. The van der Waals surface area contributed by atoms with Crippen molar-refractivity contribution in [3.8, 4) is 0 Å². The Labute approximate surface area is 124 Å². The highest BCUT2D eigenvalue weighted by Crippen LogP contribution is 2.41. The normalized spacial score (nSPS) is 20.0. The summed E-state index contributed by atoms with van der Waals surface area (Å²) in [5.74, 6) is -1.61. The van der Waals surface area contributed by atoms with E-state index in [1.165, 1.54) is 20.8 Å². The molecule has 1 saturated carbocycles. The van der Waals surface area contributed by atoms with Crippen LogP contribution in [-0.2, 0) is 28.7 Å². The number of carbonyl (C=O) groups excluding carboxylic acids is 3. The zero-order valence-corrected chi connectivity index (χ0v) is 13.0. The van der Waals surface area contributed by atoms with Gasteiger partial charge in [-0.25, -0.2) is 0 Å². The molecule has 21 heavy (non-hydrogen) atoms. The Bertz CT molecular complexity index is 416. The summed E-state index contributed by atoms with van der Waals surface area (Å²) in [5, 5.41) is 0. The van der Waals surface area contributed by atoms with Gasteiger partial charge in [0.2, 0.25) is 5.72 Å². The summed E-state index contributed by atoms with van der Waals surface area (Å²) < 4.78 is 10.8. The summed E-state index contributed by atoms with van der Waals surface area (Å²) >= 11 is 0. The highest BCUT2D eigenvalue weighted by molar-refractivity contribution is 5.68. The van der Waals surface area contributed by atoms with Crippen LogP contribution in [-0.4, -0.2) is 29.2 Å². The van der Waals surface area contributed by atoms with Gasteiger partial charge < -0.3 is 14.3 Å². The van der Waals surface area contributed by atoms with Crippen molar-refractivity contribution >= 4 is 17.9 Å². The van der Waals surface area contributed by atoms with Crippen molar-refractivity contribution in [2.24, 2.45) is 0 Å². The first-order chi connectivity index (χ1) is 9.71. The van der Waals surface area contributed by atoms with E-state index in [-0.39, 0.29) is 0 Å². The third kappa shape index (κ3) is 4.42. The van der Waals surface area contributed by atoms with Crippen molar-refractivity contribution < 1.29 is 28.7 Å². The van der Waals surface area contributed by atoms with E-state index >= 15 is 0 Å². The number of hydrogen-bond acceptors (Lipinski definition) is 7. The van der Waals surface area contributed by atoms with Gasteiger partial charge in [-0.1, -0.05) is 6.42 Å². The van der Waals surface area contributed by atoms with E-state index in [4.69, 9.17) is 14.3 Å². The number of hydrogen-bond donors (Lipinski definition) is 1. The zero-order chi connectivity index (χ0) is 16.1. The maximum atomic E-state index is 11.5. The van der Waals surface area contributed by atoms with Gasteiger partial charge in [0.1, 0.15) is 0 Å². The lowest BCUT2D eigenvalue weighted by atomic mass is 9.77. The number of carbonyl (C=O) groups is 3. The summed E-state index contributed by atoms with van der Waals surface area (Å²) in [7, 11) is 0. The van der Waals surface area contributed by atoms with Crippen LogP contribution in [0.3, 0.4) is 0 Å². The largest absolute Gasteiger partial charge is 0.453 e. The van der Waals surface area contributed by atoms with Crippen LogP contribution in [0.2, 0.25) is 0 Å². The Balaban J connectivity index is 3.11. The summed E-state index contributed by atoms with van der Waals surface area (Å²) in [6.45, 7) is 5.32. The Hall–Kier alpha value is -1.63. The minimum Gasteiger partial charge on any atom is -0.453 e. The van der Waals surface area contributed by atoms with E-state index in [9.17, 15) is 14.4 Å². The SMILES string of the molecule is CC(=O)ONC(C)(OC(C)=O)C1(OC(C)=O)CCCCC1. The number of hydroxylamine groups is 1. The van der Waals surface area contributed by atoms with Crippen molar-refractivity contribution in [1.82, 2.24) is 5.48 Å². The highest BCUT2D eigenvalue weighted by Gasteiger charge is 2.55. The lowest BCUT2D eigenvalue weighted by Gasteiger charge is -2.47. The van der Waals surface area contributed by atoms with Crippen molar-refractivity contribution in [1.29, 1.82) is 0 Å². The molecule has 1 N–H and O–H groups in total. The number of ether oxygens (including phenoxy) is 2. The molecule has 1 aliphatic carbocycles.